The van der Waals surface area contributed by atoms with Gasteiger partial charge >= 0.3 is 0 Å². The molecule has 0 aliphatic rings. The van der Waals surface area contributed by atoms with E-state index in [9.17, 15) is 4.79 Å². The fourth-order valence-corrected chi connectivity index (χ4v) is 3.81. The second-order valence-corrected chi connectivity index (χ2v) is 7.12. The number of anilines is 1. The van der Waals surface area contributed by atoms with Crippen molar-refractivity contribution in [3.8, 4) is 11.4 Å². The summed E-state index contributed by atoms with van der Waals surface area (Å²) in [6, 6.07) is 11.6. The SMILES string of the molecule is CCn1c(SCC(=O)Nc2ccccc2SC)nnc1-c1cccnc1. The number of hydrogen-bond acceptors (Lipinski definition) is 6. The van der Waals surface area contributed by atoms with Crippen molar-refractivity contribution in [2.75, 3.05) is 17.3 Å². The molecule has 0 saturated heterocycles. The minimum atomic E-state index is -0.0647. The van der Waals surface area contributed by atoms with E-state index in [0.29, 0.717) is 0 Å². The Morgan fingerprint density at radius 1 is 1.19 bits per heavy atom. The monoisotopic (exact) mass is 385 g/mol. The Kier molecular flexibility index (Phi) is 6.30. The Balaban J connectivity index is 1.68. The van der Waals surface area contributed by atoms with Gasteiger partial charge in [0.05, 0.1) is 11.4 Å². The van der Waals surface area contributed by atoms with Gasteiger partial charge in [0.2, 0.25) is 5.91 Å². The molecule has 1 N–H and O–H groups in total. The van der Waals surface area contributed by atoms with E-state index in [-0.39, 0.29) is 11.7 Å². The number of para-hydroxylation sites is 1. The zero-order valence-corrected chi connectivity index (χ0v) is 16.2. The van der Waals surface area contributed by atoms with Crippen molar-refractivity contribution in [2.45, 2.75) is 23.5 Å². The minimum absolute atomic E-state index is 0.0647. The van der Waals surface area contributed by atoms with Crippen molar-refractivity contribution < 1.29 is 4.79 Å². The average Bonchev–Trinajstić information content (AvgIpc) is 3.10. The minimum Gasteiger partial charge on any atom is -0.324 e. The third kappa shape index (κ3) is 4.25. The topological polar surface area (TPSA) is 72.7 Å². The summed E-state index contributed by atoms with van der Waals surface area (Å²) >= 11 is 2.98. The van der Waals surface area contributed by atoms with Gasteiger partial charge in [0.1, 0.15) is 0 Å². The number of benzene rings is 1. The summed E-state index contributed by atoms with van der Waals surface area (Å²) in [7, 11) is 0. The summed E-state index contributed by atoms with van der Waals surface area (Å²) in [5, 5.41) is 12.2. The molecule has 1 amide bonds. The van der Waals surface area contributed by atoms with Crippen molar-refractivity contribution in [2.24, 2.45) is 0 Å². The summed E-state index contributed by atoms with van der Waals surface area (Å²) in [6.07, 6.45) is 5.47. The van der Waals surface area contributed by atoms with E-state index in [2.05, 4.69) is 20.5 Å². The highest BCUT2D eigenvalue weighted by Crippen LogP contribution is 2.26. The lowest BCUT2D eigenvalue weighted by atomic mass is 10.3. The van der Waals surface area contributed by atoms with Crippen LogP contribution in [-0.2, 0) is 11.3 Å². The second-order valence-electron chi connectivity index (χ2n) is 5.33. The van der Waals surface area contributed by atoms with Crippen LogP contribution in [0.25, 0.3) is 11.4 Å². The predicted octanol–water partition coefficient (Wildman–Crippen LogP) is 3.81. The molecule has 3 aromatic rings. The van der Waals surface area contributed by atoms with Gasteiger partial charge in [-0.3, -0.25) is 9.78 Å². The molecule has 1 aromatic carbocycles. The third-order valence-corrected chi connectivity index (χ3v) is 5.43. The normalized spacial score (nSPS) is 10.7. The maximum Gasteiger partial charge on any atom is 0.234 e. The zero-order chi connectivity index (χ0) is 18.4. The van der Waals surface area contributed by atoms with Crippen LogP contribution in [0.2, 0.25) is 0 Å². The number of nitrogens with zero attached hydrogens (tertiary/aromatic N) is 4. The van der Waals surface area contributed by atoms with Crippen molar-refractivity contribution in [1.29, 1.82) is 0 Å². The molecule has 2 aromatic heterocycles. The summed E-state index contributed by atoms with van der Waals surface area (Å²) in [4.78, 5) is 17.5. The number of aromatic nitrogens is 4. The number of pyridine rings is 1. The standard InChI is InChI=1S/C18H19N5OS2/c1-3-23-17(13-7-6-10-19-11-13)21-22-18(23)26-12-16(24)20-14-8-4-5-9-15(14)25-2/h4-11H,3,12H2,1-2H3,(H,20,24). The van der Waals surface area contributed by atoms with E-state index >= 15 is 0 Å². The predicted molar refractivity (Wildman–Crippen MR) is 107 cm³/mol. The largest absolute Gasteiger partial charge is 0.324 e. The number of carbonyl (C=O) groups is 1. The first kappa shape index (κ1) is 18.5. The molecular weight excluding hydrogens is 366 g/mol. The lowest BCUT2D eigenvalue weighted by molar-refractivity contribution is -0.113. The highest BCUT2D eigenvalue weighted by atomic mass is 32.2. The van der Waals surface area contributed by atoms with Gasteiger partial charge in [-0.15, -0.1) is 22.0 Å². The molecule has 2 heterocycles. The number of thioether (sulfide) groups is 2. The van der Waals surface area contributed by atoms with Gasteiger partial charge in [-0.1, -0.05) is 23.9 Å². The van der Waals surface area contributed by atoms with Crippen molar-refractivity contribution in [1.82, 2.24) is 19.7 Å². The Labute approximate surface area is 160 Å². The summed E-state index contributed by atoms with van der Waals surface area (Å²) in [5.41, 5.74) is 1.74. The Morgan fingerprint density at radius 3 is 2.77 bits per heavy atom. The fourth-order valence-electron chi connectivity index (χ4n) is 2.45. The molecule has 26 heavy (non-hydrogen) atoms. The van der Waals surface area contributed by atoms with Crippen LogP contribution in [0.4, 0.5) is 5.69 Å². The van der Waals surface area contributed by atoms with Crippen LogP contribution in [-0.4, -0.2) is 37.7 Å². The smallest absolute Gasteiger partial charge is 0.234 e. The van der Waals surface area contributed by atoms with E-state index in [1.807, 2.05) is 54.1 Å². The van der Waals surface area contributed by atoms with Crippen molar-refractivity contribution >= 4 is 35.1 Å². The van der Waals surface area contributed by atoms with E-state index in [0.717, 1.165) is 33.7 Å². The molecule has 8 heteroatoms. The van der Waals surface area contributed by atoms with Crippen LogP contribution >= 0.6 is 23.5 Å². The zero-order valence-electron chi connectivity index (χ0n) is 14.5. The van der Waals surface area contributed by atoms with Crippen LogP contribution in [0.15, 0.2) is 58.8 Å². The fraction of sp³-hybridized carbons (Fsp3) is 0.222. The van der Waals surface area contributed by atoms with E-state index in [1.165, 1.54) is 11.8 Å². The van der Waals surface area contributed by atoms with Gasteiger partial charge < -0.3 is 9.88 Å². The number of rotatable bonds is 7. The summed E-state index contributed by atoms with van der Waals surface area (Å²) in [6.45, 7) is 2.75. The maximum atomic E-state index is 12.3. The molecule has 0 fully saturated rings. The van der Waals surface area contributed by atoms with Crippen LogP contribution in [0.3, 0.4) is 0 Å². The van der Waals surface area contributed by atoms with Gasteiger partial charge in [0.15, 0.2) is 11.0 Å². The average molecular weight is 386 g/mol. The highest BCUT2D eigenvalue weighted by Gasteiger charge is 2.15. The lowest BCUT2D eigenvalue weighted by Gasteiger charge is -2.09. The number of hydrogen-bond donors (Lipinski definition) is 1. The first-order valence-electron chi connectivity index (χ1n) is 8.12. The molecule has 134 valence electrons. The molecule has 0 saturated carbocycles. The first-order valence-corrected chi connectivity index (χ1v) is 10.3. The van der Waals surface area contributed by atoms with Crippen LogP contribution < -0.4 is 5.32 Å². The summed E-state index contributed by atoms with van der Waals surface area (Å²) in [5.74, 6) is 0.967. The van der Waals surface area contributed by atoms with E-state index < -0.39 is 0 Å². The molecule has 0 aliphatic heterocycles. The maximum absolute atomic E-state index is 12.3. The molecule has 0 spiro atoms. The van der Waals surface area contributed by atoms with Crippen LogP contribution in [0, 0.1) is 0 Å². The Morgan fingerprint density at radius 2 is 2.04 bits per heavy atom. The molecule has 0 radical (unpaired) electrons. The Hall–Kier alpha value is -2.32. The molecule has 0 aliphatic carbocycles. The number of carbonyl (C=O) groups excluding carboxylic acids is 1. The Bertz CT molecular complexity index is 882. The second kappa shape index (κ2) is 8.86. The van der Waals surface area contributed by atoms with Crippen LogP contribution in [0.5, 0.6) is 0 Å². The molecule has 0 unspecified atom stereocenters. The number of nitrogens with one attached hydrogen (secondary N) is 1. The lowest BCUT2D eigenvalue weighted by Crippen LogP contribution is -2.15. The molecular formula is C18H19N5OS2. The van der Waals surface area contributed by atoms with Crippen molar-refractivity contribution in [3.63, 3.8) is 0 Å². The van der Waals surface area contributed by atoms with Gasteiger partial charge in [0, 0.05) is 29.4 Å². The highest BCUT2D eigenvalue weighted by molar-refractivity contribution is 7.99. The van der Waals surface area contributed by atoms with Gasteiger partial charge in [-0.2, -0.15) is 0 Å². The quantitative estimate of drug-likeness (QED) is 0.624. The first-order chi connectivity index (χ1) is 12.7. The van der Waals surface area contributed by atoms with Crippen molar-refractivity contribution in [3.05, 3.63) is 48.8 Å². The van der Waals surface area contributed by atoms with E-state index in [1.54, 1.807) is 24.2 Å². The van der Waals surface area contributed by atoms with E-state index in [4.69, 9.17) is 0 Å². The van der Waals surface area contributed by atoms with Gasteiger partial charge in [-0.05, 0) is 37.4 Å². The van der Waals surface area contributed by atoms with Gasteiger partial charge in [0.25, 0.3) is 0 Å². The summed E-state index contributed by atoms with van der Waals surface area (Å²) < 4.78 is 1.99. The molecule has 0 atom stereocenters. The van der Waals surface area contributed by atoms with Crippen LogP contribution in [0.1, 0.15) is 6.92 Å². The van der Waals surface area contributed by atoms with Gasteiger partial charge in [-0.25, -0.2) is 0 Å². The number of amides is 1. The third-order valence-electron chi connectivity index (χ3n) is 3.67. The molecule has 6 nitrogen and oxygen atoms in total. The molecule has 0 bridgehead atoms. The molecule has 3 rings (SSSR count).